The number of carbonyl (C=O) groups excluding carboxylic acids is 1. The molecule has 1 heteroatoms. The molecule has 0 amide bonds. The summed E-state index contributed by atoms with van der Waals surface area (Å²) >= 11 is 0. The van der Waals surface area contributed by atoms with Crippen LogP contribution >= 0.6 is 0 Å². The van der Waals surface area contributed by atoms with Gasteiger partial charge in [-0.05, 0) is 36.5 Å². The number of benzene rings is 2. The highest BCUT2D eigenvalue weighted by molar-refractivity contribution is 5.93. The van der Waals surface area contributed by atoms with Crippen LogP contribution in [0, 0.1) is 6.92 Å². The van der Waals surface area contributed by atoms with E-state index in [1.807, 2.05) is 36.4 Å². The monoisotopic (exact) mass is 278 g/mol. The van der Waals surface area contributed by atoms with E-state index in [1.165, 1.54) is 11.1 Å². The van der Waals surface area contributed by atoms with Crippen LogP contribution in [0.4, 0.5) is 0 Å². The number of rotatable bonds is 6. The molecule has 1 nitrogen and oxygen atoms in total. The molecule has 0 saturated carbocycles. The van der Waals surface area contributed by atoms with E-state index < -0.39 is 0 Å². The molecule has 0 unspecified atom stereocenters. The Bertz CT molecular complexity index is 593. The van der Waals surface area contributed by atoms with Crippen molar-refractivity contribution in [1.82, 2.24) is 0 Å². The largest absolute Gasteiger partial charge is 0.295 e. The zero-order valence-electron chi connectivity index (χ0n) is 12.8. The first kappa shape index (κ1) is 15.2. The molecule has 0 heterocycles. The van der Waals surface area contributed by atoms with Gasteiger partial charge in [-0.2, -0.15) is 0 Å². The molecule has 0 radical (unpaired) electrons. The summed E-state index contributed by atoms with van der Waals surface area (Å²) in [6.45, 7) is 4.27. The fraction of sp³-hybridized carbons (Fsp3) is 0.250. The summed E-state index contributed by atoms with van der Waals surface area (Å²) in [5, 5.41) is 0. The molecule has 0 bridgehead atoms. The first-order valence-corrected chi connectivity index (χ1v) is 7.47. The molecule has 0 aromatic heterocycles. The maximum atomic E-state index is 11.9. The second kappa shape index (κ2) is 7.58. The fourth-order valence-electron chi connectivity index (χ4n) is 2.26. The molecule has 0 aliphatic rings. The lowest BCUT2D eigenvalue weighted by Gasteiger charge is -2.10. The van der Waals surface area contributed by atoms with E-state index in [2.05, 4.69) is 38.1 Å². The molecule has 0 spiro atoms. The summed E-state index contributed by atoms with van der Waals surface area (Å²) in [6, 6.07) is 18.5. The van der Waals surface area contributed by atoms with E-state index in [9.17, 15) is 4.79 Å². The van der Waals surface area contributed by atoms with Crippen LogP contribution in [0.25, 0.3) is 6.08 Å². The highest BCUT2D eigenvalue weighted by Crippen LogP contribution is 2.21. The van der Waals surface area contributed by atoms with Crippen LogP contribution in [0.5, 0.6) is 0 Å². The van der Waals surface area contributed by atoms with Gasteiger partial charge >= 0.3 is 0 Å². The Kier molecular flexibility index (Phi) is 5.51. The Morgan fingerprint density at radius 1 is 1.05 bits per heavy atom. The Balaban J connectivity index is 1.83. The fourth-order valence-corrected chi connectivity index (χ4v) is 2.26. The van der Waals surface area contributed by atoms with Crippen molar-refractivity contribution in [3.8, 4) is 0 Å². The average molecular weight is 278 g/mol. The third-order valence-corrected chi connectivity index (χ3v) is 3.73. The number of hydrogen-bond donors (Lipinski definition) is 0. The van der Waals surface area contributed by atoms with Gasteiger partial charge in [0, 0.05) is 6.42 Å². The van der Waals surface area contributed by atoms with Gasteiger partial charge in [0.25, 0.3) is 0 Å². The lowest BCUT2D eigenvalue weighted by atomic mass is 9.94. The summed E-state index contributed by atoms with van der Waals surface area (Å²) in [7, 11) is 0. The lowest BCUT2D eigenvalue weighted by Crippen LogP contribution is -1.99. The molecule has 108 valence electrons. The third-order valence-electron chi connectivity index (χ3n) is 3.73. The van der Waals surface area contributed by atoms with E-state index in [0.29, 0.717) is 12.3 Å². The summed E-state index contributed by atoms with van der Waals surface area (Å²) in [5.41, 5.74) is 3.64. The summed E-state index contributed by atoms with van der Waals surface area (Å²) in [5.74, 6) is 0.609. The van der Waals surface area contributed by atoms with Crippen molar-refractivity contribution in [1.29, 1.82) is 0 Å². The van der Waals surface area contributed by atoms with Crippen molar-refractivity contribution in [2.24, 2.45) is 0 Å². The first-order chi connectivity index (χ1) is 10.1. The Morgan fingerprint density at radius 2 is 1.71 bits per heavy atom. The van der Waals surface area contributed by atoms with Crippen molar-refractivity contribution >= 4 is 11.9 Å². The third kappa shape index (κ3) is 5.03. The predicted molar refractivity (Wildman–Crippen MR) is 89.3 cm³/mol. The topological polar surface area (TPSA) is 17.1 Å². The molecule has 2 rings (SSSR count). The van der Waals surface area contributed by atoms with Crippen LogP contribution in [-0.2, 0) is 4.79 Å². The minimum Gasteiger partial charge on any atom is -0.295 e. The van der Waals surface area contributed by atoms with Gasteiger partial charge in [0.05, 0.1) is 0 Å². The average Bonchev–Trinajstić information content (AvgIpc) is 2.52. The normalized spacial score (nSPS) is 12.5. The van der Waals surface area contributed by atoms with Gasteiger partial charge in [0.15, 0.2) is 5.78 Å². The van der Waals surface area contributed by atoms with Gasteiger partial charge in [-0.1, -0.05) is 73.2 Å². The lowest BCUT2D eigenvalue weighted by molar-refractivity contribution is -0.114. The van der Waals surface area contributed by atoms with Gasteiger partial charge < -0.3 is 0 Å². The number of aryl methyl sites for hydroxylation is 1. The van der Waals surface area contributed by atoms with Gasteiger partial charge in [0.1, 0.15) is 0 Å². The van der Waals surface area contributed by atoms with Gasteiger partial charge in [-0.15, -0.1) is 0 Å². The van der Waals surface area contributed by atoms with Crippen molar-refractivity contribution < 1.29 is 4.79 Å². The molecule has 21 heavy (non-hydrogen) atoms. The SMILES string of the molecule is Cc1ccc([C@H](C)CCC(=O)/C=C\c2ccccc2)cc1. The van der Waals surface area contributed by atoms with Crippen molar-refractivity contribution in [2.45, 2.75) is 32.6 Å². The van der Waals surface area contributed by atoms with E-state index in [1.54, 1.807) is 6.08 Å². The molecule has 0 fully saturated rings. The van der Waals surface area contributed by atoms with Gasteiger partial charge in [-0.3, -0.25) is 4.79 Å². The molecule has 0 aliphatic heterocycles. The summed E-state index contributed by atoms with van der Waals surface area (Å²) in [6.07, 6.45) is 5.06. The highest BCUT2D eigenvalue weighted by Gasteiger charge is 2.07. The number of allylic oxidation sites excluding steroid dienone is 1. The minimum atomic E-state index is 0.192. The van der Waals surface area contributed by atoms with Crippen molar-refractivity contribution in [3.63, 3.8) is 0 Å². The minimum absolute atomic E-state index is 0.192. The van der Waals surface area contributed by atoms with Gasteiger partial charge in [0.2, 0.25) is 0 Å². The molecule has 2 aromatic rings. The smallest absolute Gasteiger partial charge is 0.155 e. The number of ketones is 1. The van der Waals surface area contributed by atoms with Crippen LogP contribution in [-0.4, -0.2) is 5.78 Å². The Hall–Kier alpha value is -2.15. The van der Waals surface area contributed by atoms with Crippen LogP contribution in [0.15, 0.2) is 60.7 Å². The summed E-state index contributed by atoms with van der Waals surface area (Å²) < 4.78 is 0. The Morgan fingerprint density at radius 3 is 2.38 bits per heavy atom. The molecular weight excluding hydrogens is 256 g/mol. The van der Waals surface area contributed by atoms with Crippen molar-refractivity contribution in [3.05, 3.63) is 77.4 Å². The van der Waals surface area contributed by atoms with E-state index in [4.69, 9.17) is 0 Å². The molecule has 2 aromatic carbocycles. The number of hydrogen-bond acceptors (Lipinski definition) is 1. The molecular formula is C20H22O. The summed E-state index contributed by atoms with van der Waals surface area (Å²) in [4.78, 5) is 11.9. The second-order valence-corrected chi connectivity index (χ2v) is 5.56. The molecule has 0 saturated heterocycles. The molecule has 0 aliphatic carbocycles. The quantitative estimate of drug-likeness (QED) is 0.667. The molecule has 1 atom stereocenters. The number of carbonyl (C=O) groups is 1. The zero-order chi connectivity index (χ0) is 15.1. The highest BCUT2D eigenvalue weighted by atomic mass is 16.1. The first-order valence-electron chi connectivity index (χ1n) is 7.47. The maximum Gasteiger partial charge on any atom is 0.155 e. The standard InChI is InChI=1S/C20H22O/c1-16-8-12-19(13-9-16)17(2)10-14-20(21)15-11-18-6-4-3-5-7-18/h3-9,11-13,15,17H,10,14H2,1-2H3/b15-11-/t17-/m1/s1. The predicted octanol–water partition coefficient (Wildman–Crippen LogP) is 5.16. The van der Waals surface area contributed by atoms with Gasteiger partial charge in [-0.25, -0.2) is 0 Å². The molecule has 0 N–H and O–H groups in total. The van der Waals surface area contributed by atoms with Crippen LogP contribution < -0.4 is 0 Å². The zero-order valence-corrected chi connectivity index (χ0v) is 12.8. The van der Waals surface area contributed by atoms with Crippen molar-refractivity contribution in [2.75, 3.05) is 0 Å². The van der Waals surface area contributed by atoms with Crippen LogP contribution in [0.2, 0.25) is 0 Å². The van der Waals surface area contributed by atoms with E-state index in [-0.39, 0.29) is 5.78 Å². The second-order valence-electron chi connectivity index (χ2n) is 5.56. The maximum absolute atomic E-state index is 11.9. The van der Waals surface area contributed by atoms with Crippen LogP contribution in [0.3, 0.4) is 0 Å². The van der Waals surface area contributed by atoms with Crippen LogP contribution in [0.1, 0.15) is 42.4 Å². The van der Waals surface area contributed by atoms with E-state index in [0.717, 1.165) is 12.0 Å². The van der Waals surface area contributed by atoms with E-state index >= 15 is 0 Å². The Labute approximate surface area is 127 Å².